The van der Waals surface area contributed by atoms with Crippen LogP contribution in [-0.4, -0.2) is 28.7 Å². The van der Waals surface area contributed by atoms with Crippen molar-refractivity contribution in [3.05, 3.63) is 89.0 Å². The summed E-state index contributed by atoms with van der Waals surface area (Å²) in [4.78, 5) is 12.9. The summed E-state index contributed by atoms with van der Waals surface area (Å²) in [6, 6.07) is 23.8. The van der Waals surface area contributed by atoms with E-state index in [2.05, 4.69) is 76.3 Å². The Morgan fingerprint density at radius 3 is 2.21 bits per heavy atom. The van der Waals surface area contributed by atoms with Gasteiger partial charge in [-0.25, -0.2) is 4.79 Å². The molecule has 3 aromatic carbocycles. The Kier molecular flexibility index (Phi) is 9.89. The number of benzene rings is 3. The number of aryl methyl sites for hydroxylation is 2. The van der Waals surface area contributed by atoms with Crippen LogP contribution in [0.1, 0.15) is 68.7 Å². The van der Waals surface area contributed by atoms with E-state index in [1.807, 2.05) is 25.1 Å². The van der Waals surface area contributed by atoms with E-state index in [1.165, 1.54) is 11.1 Å². The summed E-state index contributed by atoms with van der Waals surface area (Å²) in [5, 5.41) is 0. The molecule has 1 aliphatic carbocycles. The normalized spacial score (nSPS) is 20.1. The molecule has 1 fully saturated rings. The van der Waals surface area contributed by atoms with E-state index < -0.39 is 14.5 Å². The zero-order valence-corrected chi connectivity index (χ0v) is 27.7. The highest BCUT2D eigenvalue weighted by Crippen LogP contribution is 2.53. The fourth-order valence-corrected chi connectivity index (χ4v) is 7.40. The molecule has 1 saturated carbocycles. The van der Waals surface area contributed by atoms with Crippen molar-refractivity contribution in [2.24, 2.45) is 11.3 Å². The van der Waals surface area contributed by atoms with Crippen molar-refractivity contribution in [2.45, 2.75) is 84.4 Å². The van der Waals surface area contributed by atoms with Crippen LogP contribution in [0.25, 0.3) is 0 Å². The standard InChI is InChI=1S/C36H48O5Si/c1-26-23-30(36(29-14-10-9-11-15-29)21-20-35(3,4)27(2)25-36)17-19-31(26)40-34(37)41-32-18-16-28(24-33(32)38-5)13-12-22-42(7,8)39-6/h9-11,14-19,23-24,27H,12-13,20-22,25H2,1-8H3. The van der Waals surface area contributed by atoms with Gasteiger partial charge in [0.25, 0.3) is 0 Å². The van der Waals surface area contributed by atoms with Gasteiger partial charge in [0.05, 0.1) is 7.11 Å². The molecular weight excluding hydrogens is 540 g/mol. The Morgan fingerprint density at radius 2 is 1.57 bits per heavy atom. The first-order valence-corrected chi connectivity index (χ1v) is 18.3. The molecule has 0 radical (unpaired) electrons. The maximum absolute atomic E-state index is 12.9. The summed E-state index contributed by atoms with van der Waals surface area (Å²) < 4.78 is 22.5. The molecule has 0 aromatic heterocycles. The predicted octanol–water partition coefficient (Wildman–Crippen LogP) is 9.50. The maximum Gasteiger partial charge on any atom is 0.519 e. The number of hydrogen-bond donors (Lipinski definition) is 0. The average Bonchev–Trinajstić information content (AvgIpc) is 2.96. The van der Waals surface area contributed by atoms with Gasteiger partial charge >= 0.3 is 6.16 Å². The van der Waals surface area contributed by atoms with Crippen molar-refractivity contribution in [3.8, 4) is 17.2 Å². The third kappa shape index (κ3) is 7.27. The van der Waals surface area contributed by atoms with Crippen molar-refractivity contribution < 1.29 is 23.4 Å². The lowest BCUT2D eigenvalue weighted by Crippen LogP contribution is -2.41. The number of carbonyl (C=O) groups is 1. The molecule has 4 rings (SSSR count). The second-order valence-corrected chi connectivity index (χ2v) is 17.7. The number of methoxy groups -OCH3 is 1. The molecule has 0 aliphatic heterocycles. The van der Waals surface area contributed by atoms with Crippen molar-refractivity contribution in [3.63, 3.8) is 0 Å². The van der Waals surface area contributed by atoms with Crippen LogP contribution in [0, 0.1) is 18.3 Å². The Bertz CT molecular complexity index is 1370. The molecule has 0 spiro atoms. The van der Waals surface area contributed by atoms with Gasteiger partial charge in [0, 0.05) is 12.5 Å². The van der Waals surface area contributed by atoms with E-state index in [4.69, 9.17) is 18.6 Å². The highest BCUT2D eigenvalue weighted by atomic mass is 28.4. The van der Waals surface area contributed by atoms with Gasteiger partial charge in [-0.1, -0.05) is 69.3 Å². The largest absolute Gasteiger partial charge is 0.519 e. The molecule has 5 nitrogen and oxygen atoms in total. The minimum Gasteiger partial charge on any atom is -0.493 e. The lowest BCUT2D eigenvalue weighted by molar-refractivity contribution is 0.107. The first-order chi connectivity index (χ1) is 19.9. The second kappa shape index (κ2) is 13.0. The van der Waals surface area contributed by atoms with E-state index in [9.17, 15) is 4.79 Å². The van der Waals surface area contributed by atoms with Gasteiger partial charge in [-0.15, -0.1) is 0 Å². The molecule has 2 unspecified atom stereocenters. The summed E-state index contributed by atoms with van der Waals surface area (Å²) in [7, 11) is 1.79. The molecule has 226 valence electrons. The topological polar surface area (TPSA) is 54.0 Å². The van der Waals surface area contributed by atoms with E-state index in [0.29, 0.717) is 28.6 Å². The smallest absolute Gasteiger partial charge is 0.493 e. The molecule has 6 heteroatoms. The number of ether oxygens (including phenoxy) is 3. The Morgan fingerprint density at radius 1 is 0.881 bits per heavy atom. The fourth-order valence-electron chi connectivity index (χ4n) is 6.17. The molecular formula is C36H48O5Si. The summed E-state index contributed by atoms with van der Waals surface area (Å²) in [6.07, 6.45) is 4.48. The lowest BCUT2D eigenvalue weighted by atomic mass is 9.55. The van der Waals surface area contributed by atoms with Crippen molar-refractivity contribution in [1.29, 1.82) is 0 Å². The minimum absolute atomic E-state index is 0.0728. The van der Waals surface area contributed by atoms with Gasteiger partial charge in [-0.2, -0.15) is 0 Å². The third-order valence-corrected chi connectivity index (χ3v) is 12.3. The molecule has 0 saturated heterocycles. The SMILES string of the molecule is COc1cc(CCC[Si](C)(C)OC)ccc1OC(=O)Oc1ccc(C2(c3ccccc3)CCC(C)(C)C(C)C2)cc1C. The zero-order chi connectivity index (χ0) is 30.5. The van der Waals surface area contributed by atoms with Crippen LogP contribution in [0.15, 0.2) is 66.7 Å². The zero-order valence-electron chi connectivity index (χ0n) is 26.7. The van der Waals surface area contributed by atoms with Crippen LogP contribution in [0.2, 0.25) is 19.1 Å². The molecule has 0 heterocycles. The Hall–Kier alpha value is -3.09. The quantitative estimate of drug-likeness (QED) is 0.134. The summed E-state index contributed by atoms with van der Waals surface area (Å²) in [5.74, 6) is 1.92. The fraction of sp³-hybridized carbons (Fsp3) is 0.472. The number of rotatable bonds is 10. The molecule has 0 amide bonds. The van der Waals surface area contributed by atoms with Crippen molar-refractivity contribution in [1.82, 2.24) is 0 Å². The van der Waals surface area contributed by atoms with Gasteiger partial charge in [0.2, 0.25) is 0 Å². The van der Waals surface area contributed by atoms with E-state index >= 15 is 0 Å². The number of carbonyl (C=O) groups excluding carboxylic acids is 1. The number of hydrogen-bond acceptors (Lipinski definition) is 5. The van der Waals surface area contributed by atoms with Crippen molar-refractivity contribution in [2.75, 3.05) is 14.2 Å². The second-order valence-electron chi connectivity index (χ2n) is 13.3. The van der Waals surface area contributed by atoms with Gasteiger partial charge in [-0.05, 0) is 110 Å². The first-order valence-electron chi connectivity index (χ1n) is 15.2. The molecule has 3 aromatic rings. The Labute approximate surface area is 253 Å². The van der Waals surface area contributed by atoms with Crippen LogP contribution in [-0.2, 0) is 16.3 Å². The van der Waals surface area contributed by atoms with Crippen LogP contribution >= 0.6 is 0 Å². The molecule has 0 bridgehead atoms. The van der Waals surface area contributed by atoms with Crippen molar-refractivity contribution >= 4 is 14.5 Å². The molecule has 42 heavy (non-hydrogen) atoms. The maximum atomic E-state index is 12.9. The van der Waals surface area contributed by atoms with Gasteiger partial charge < -0.3 is 18.6 Å². The average molecular weight is 589 g/mol. The molecule has 2 atom stereocenters. The lowest BCUT2D eigenvalue weighted by Gasteiger charge is -2.48. The van der Waals surface area contributed by atoms with E-state index in [0.717, 1.165) is 49.3 Å². The molecule has 0 N–H and O–H groups in total. The Balaban J connectivity index is 1.48. The highest BCUT2D eigenvalue weighted by Gasteiger charge is 2.44. The van der Waals surface area contributed by atoms with Gasteiger partial charge in [-0.3, -0.25) is 0 Å². The summed E-state index contributed by atoms with van der Waals surface area (Å²) in [6.45, 7) is 13.6. The van der Waals surface area contributed by atoms with E-state index in [1.54, 1.807) is 20.3 Å². The summed E-state index contributed by atoms with van der Waals surface area (Å²) in [5.41, 5.74) is 4.89. The van der Waals surface area contributed by atoms with Gasteiger partial charge in [0.1, 0.15) is 5.75 Å². The van der Waals surface area contributed by atoms with Crippen LogP contribution in [0.3, 0.4) is 0 Å². The van der Waals surface area contributed by atoms with Crippen LogP contribution in [0.5, 0.6) is 17.2 Å². The first kappa shape index (κ1) is 31.8. The predicted molar refractivity (Wildman–Crippen MR) is 172 cm³/mol. The van der Waals surface area contributed by atoms with Gasteiger partial charge in [0.15, 0.2) is 19.8 Å². The highest BCUT2D eigenvalue weighted by molar-refractivity contribution is 6.71. The monoisotopic (exact) mass is 588 g/mol. The van der Waals surface area contributed by atoms with Crippen LogP contribution < -0.4 is 14.2 Å². The van der Waals surface area contributed by atoms with Crippen LogP contribution in [0.4, 0.5) is 4.79 Å². The van der Waals surface area contributed by atoms with E-state index in [-0.39, 0.29) is 5.41 Å². The minimum atomic E-state index is -1.59. The summed E-state index contributed by atoms with van der Waals surface area (Å²) >= 11 is 0. The third-order valence-electron chi connectivity index (χ3n) is 9.65. The molecule has 1 aliphatic rings.